The molecular formula is C10H13NO3. The van der Waals surface area contributed by atoms with Crippen LogP contribution in [0.4, 0.5) is 0 Å². The molecule has 4 nitrogen and oxygen atoms in total. The normalized spacial score (nSPS) is 9.64. The second-order valence-electron chi connectivity index (χ2n) is 2.90. The smallest absolute Gasteiger partial charge is 0.144 e. The van der Waals surface area contributed by atoms with Crippen LogP contribution in [-0.2, 0) is 11.2 Å². The number of hydrogen-bond donors (Lipinski definition) is 0. The van der Waals surface area contributed by atoms with E-state index in [-0.39, 0.29) is 5.78 Å². The zero-order valence-electron chi connectivity index (χ0n) is 8.53. The van der Waals surface area contributed by atoms with E-state index < -0.39 is 0 Å². The van der Waals surface area contributed by atoms with Gasteiger partial charge in [0, 0.05) is 12.0 Å². The van der Waals surface area contributed by atoms with Crippen LogP contribution in [0.1, 0.15) is 12.5 Å². The van der Waals surface area contributed by atoms with Gasteiger partial charge in [0.05, 0.1) is 26.6 Å². The summed E-state index contributed by atoms with van der Waals surface area (Å²) in [5, 5.41) is 0. The number of methoxy groups -OCH3 is 2. The fourth-order valence-electron chi connectivity index (χ4n) is 1.22. The van der Waals surface area contributed by atoms with Gasteiger partial charge in [-0.3, -0.25) is 9.78 Å². The van der Waals surface area contributed by atoms with E-state index in [1.165, 1.54) is 6.92 Å². The molecule has 0 aliphatic carbocycles. The standard InChI is InChI=1S/C10H13NO3/c1-7(12)4-8-9(13-2)5-11-6-10(8)14-3/h5-6H,4H2,1-3H3. The summed E-state index contributed by atoms with van der Waals surface area (Å²) in [4.78, 5) is 15.0. The minimum absolute atomic E-state index is 0.0628. The molecule has 0 aliphatic rings. The first-order valence-corrected chi connectivity index (χ1v) is 4.23. The third-order valence-electron chi connectivity index (χ3n) is 1.84. The number of nitrogens with zero attached hydrogens (tertiary/aromatic N) is 1. The molecule has 0 N–H and O–H groups in total. The summed E-state index contributed by atoms with van der Waals surface area (Å²) < 4.78 is 10.2. The molecule has 14 heavy (non-hydrogen) atoms. The molecule has 1 aromatic rings. The Bertz CT molecular complexity index is 314. The van der Waals surface area contributed by atoms with E-state index in [2.05, 4.69) is 4.98 Å². The SMILES string of the molecule is COc1cncc(OC)c1CC(C)=O. The van der Waals surface area contributed by atoms with Crippen molar-refractivity contribution in [2.75, 3.05) is 14.2 Å². The van der Waals surface area contributed by atoms with Gasteiger partial charge in [0.15, 0.2) is 0 Å². The largest absolute Gasteiger partial charge is 0.495 e. The number of aromatic nitrogens is 1. The van der Waals surface area contributed by atoms with Crippen molar-refractivity contribution in [1.29, 1.82) is 0 Å². The molecule has 0 bridgehead atoms. The second kappa shape index (κ2) is 4.60. The molecule has 1 aromatic heterocycles. The minimum atomic E-state index is 0.0628. The van der Waals surface area contributed by atoms with Crippen LogP contribution in [-0.4, -0.2) is 25.0 Å². The number of pyridine rings is 1. The second-order valence-corrected chi connectivity index (χ2v) is 2.90. The van der Waals surface area contributed by atoms with Crippen molar-refractivity contribution in [3.05, 3.63) is 18.0 Å². The van der Waals surface area contributed by atoms with E-state index >= 15 is 0 Å². The zero-order chi connectivity index (χ0) is 10.6. The van der Waals surface area contributed by atoms with Crippen molar-refractivity contribution in [2.24, 2.45) is 0 Å². The summed E-state index contributed by atoms with van der Waals surface area (Å²) in [5.74, 6) is 1.23. The molecule has 0 spiro atoms. The molecule has 0 aromatic carbocycles. The van der Waals surface area contributed by atoms with Crippen LogP contribution in [0, 0.1) is 0 Å². The number of ketones is 1. The van der Waals surface area contributed by atoms with Crippen LogP contribution < -0.4 is 9.47 Å². The van der Waals surface area contributed by atoms with Gasteiger partial charge in [-0.15, -0.1) is 0 Å². The summed E-state index contributed by atoms with van der Waals surface area (Å²) in [6, 6.07) is 0. The van der Waals surface area contributed by atoms with E-state index in [9.17, 15) is 4.79 Å². The predicted molar refractivity (Wildman–Crippen MR) is 51.7 cm³/mol. The lowest BCUT2D eigenvalue weighted by molar-refractivity contribution is -0.116. The summed E-state index contributed by atoms with van der Waals surface area (Å²) in [6.07, 6.45) is 3.44. The molecule has 0 saturated carbocycles. The van der Waals surface area contributed by atoms with Crippen molar-refractivity contribution in [3.63, 3.8) is 0 Å². The zero-order valence-corrected chi connectivity index (χ0v) is 8.53. The number of Topliss-reactive ketones (excluding diaryl/α,β-unsaturated/α-hetero) is 1. The molecule has 0 unspecified atom stereocenters. The van der Waals surface area contributed by atoms with Gasteiger partial charge >= 0.3 is 0 Å². The Morgan fingerprint density at radius 2 is 1.79 bits per heavy atom. The van der Waals surface area contributed by atoms with Crippen molar-refractivity contribution in [3.8, 4) is 11.5 Å². The minimum Gasteiger partial charge on any atom is -0.495 e. The van der Waals surface area contributed by atoms with Crippen molar-refractivity contribution in [2.45, 2.75) is 13.3 Å². The summed E-state index contributed by atoms with van der Waals surface area (Å²) in [6.45, 7) is 1.53. The van der Waals surface area contributed by atoms with Crippen molar-refractivity contribution in [1.82, 2.24) is 4.98 Å². The Morgan fingerprint density at radius 1 is 1.29 bits per heavy atom. The maximum absolute atomic E-state index is 11.0. The highest BCUT2D eigenvalue weighted by molar-refractivity contribution is 5.79. The molecular weight excluding hydrogens is 182 g/mol. The fourth-order valence-corrected chi connectivity index (χ4v) is 1.22. The van der Waals surface area contributed by atoms with Crippen LogP contribution in [0.25, 0.3) is 0 Å². The number of rotatable bonds is 4. The third-order valence-corrected chi connectivity index (χ3v) is 1.84. The third kappa shape index (κ3) is 2.22. The van der Waals surface area contributed by atoms with Gasteiger partial charge in [0.1, 0.15) is 17.3 Å². The first-order valence-electron chi connectivity index (χ1n) is 4.23. The molecule has 0 saturated heterocycles. The van der Waals surface area contributed by atoms with Gasteiger partial charge < -0.3 is 9.47 Å². The van der Waals surface area contributed by atoms with Gasteiger partial charge in [-0.05, 0) is 6.92 Å². The average Bonchev–Trinajstić information content (AvgIpc) is 2.17. The van der Waals surface area contributed by atoms with Gasteiger partial charge in [-0.1, -0.05) is 0 Å². The number of carbonyl (C=O) groups is 1. The van der Waals surface area contributed by atoms with Gasteiger partial charge in [0.2, 0.25) is 0 Å². The highest BCUT2D eigenvalue weighted by atomic mass is 16.5. The molecule has 0 aliphatic heterocycles. The van der Waals surface area contributed by atoms with Crippen LogP contribution in [0.15, 0.2) is 12.4 Å². The Hall–Kier alpha value is -1.58. The van der Waals surface area contributed by atoms with Gasteiger partial charge in [-0.25, -0.2) is 0 Å². The molecule has 0 amide bonds. The Labute approximate surface area is 82.9 Å². The number of ether oxygens (including phenoxy) is 2. The molecule has 1 rings (SSSR count). The fraction of sp³-hybridized carbons (Fsp3) is 0.400. The molecule has 0 fully saturated rings. The Balaban J connectivity index is 3.12. The van der Waals surface area contributed by atoms with E-state index in [4.69, 9.17) is 9.47 Å². The molecule has 0 atom stereocenters. The van der Waals surface area contributed by atoms with Crippen molar-refractivity contribution >= 4 is 5.78 Å². The Kier molecular flexibility index (Phi) is 3.45. The van der Waals surface area contributed by atoms with E-state index in [1.54, 1.807) is 26.6 Å². The first kappa shape index (κ1) is 10.5. The molecule has 0 radical (unpaired) electrons. The molecule has 1 heterocycles. The maximum Gasteiger partial charge on any atom is 0.144 e. The molecule has 76 valence electrons. The lowest BCUT2D eigenvalue weighted by Crippen LogP contribution is -2.03. The van der Waals surface area contributed by atoms with Gasteiger partial charge in [0.25, 0.3) is 0 Å². The highest BCUT2D eigenvalue weighted by Crippen LogP contribution is 2.27. The van der Waals surface area contributed by atoms with E-state index in [0.29, 0.717) is 17.9 Å². The van der Waals surface area contributed by atoms with Crippen LogP contribution in [0.5, 0.6) is 11.5 Å². The lowest BCUT2D eigenvalue weighted by Gasteiger charge is -2.10. The summed E-state index contributed by atoms with van der Waals surface area (Å²) >= 11 is 0. The number of hydrogen-bond acceptors (Lipinski definition) is 4. The average molecular weight is 195 g/mol. The summed E-state index contributed by atoms with van der Waals surface area (Å²) in [7, 11) is 3.08. The predicted octanol–water partition coefficient (Wildman–Crippen LogP) is 1.23. The first-order chi connectivity index (χ1) is 6.69. The Morgan fingerprint density at radius 3 is 2.14 bits per heavy atom. The topological polar surface area (TPSA) is 48.4 Å². The van der Waals surface area contributed by atoms with Crippen molar-refractivity contribution < 1.29 is 14.3 Å². The quantitative estimate of drug-likeness (QED) is 0.725. The lowest BCUT2D eigenvalue weighted by atomic mass is 10.1. The van der Waals surface area contributed by atoms with E-state index in [0.717, 1.165) is 5.56 Å². The van der Waals surface area contributed by atoms with Gasteiger partial charge in [-0.2, -0.15) is 0 Å². The number of carbonyl (C=O) groups excluding carboxylic acids is 1. The van der Waals surface area contributed by atoms with Crippen LogP contribution in [0.2, 0.25) is 0 Å². The van der Waals surface area contributed by atoms with Crippen LogP contribution in [0.3, 0.4) is 0 Å². The molecule has 4 heteroatoms. The maximum atomic E-state index is 11.0. The monoisotopic (exact) mass is 195 g/mol. The van der Waals surface area contributed by atoms with E-state index in [1.807, 2.05) is 0 Å². The highest BCUT2D eigenvalue weighted by Gasteiger charge is 2.11. The summed E-state index contributed by atoms with van der Waals surface area (Å²) in [5.41, 5.74) is 0.748. The van der Waals surface area contributed by atoms with Crippen LogP contribution >= 0.6 is 0 Å².